The number of nitrogens with one attached hydrogen (secondary N) is 1. The fourth-order valence-electron chi connectivity index (χ4n) is 4.07. The molecule has 0 aliphatic carbocycles. The van der Waals surface area contributed by atoms with Crippen LogP contribution >= 0.6 is 11.6 Å². The van der Waals surface area contributed by atoms with Crippen molar-refractivity contribution in [3.05, 3.63) is 47.5 Å². The van der Waals surface area contributed by atoms with E-state index in [1.165, 1.54) is 10.9 Å². The van der Waals surface area contributed by atoms with Gasteiger partial charge < -0.3 is 35.2 Å². The molecule has 0 saturated carbocycles. The molecule has 5 N–H and O–H groups in total. The number of halogens is 1. The first-order valence-corrected chi connectivity index (χ1v) is 12.1. The molecule has 12 nitrogen and oxygen atoms in total. The normalized spacial score (nSPS) is 24.3. The van der Waals surface area contributed by atoms with Gasteiger partial charge in [0.05, 0.1) is 18.5 Å². The number of carboxylic acid groups (broad SMARTS) is 1. The lowest BCUT2D eigenvalue weighted by Crippen LogP contribution is -2.48. The molecule has 2 aromatic heterocycles. The Kier molecular flexibility index (Phi) is 7.89. The van der Waals surface area contributed by atoms with E-state index >= 15 is 0 Å². The molecule has 3 heterocycles. The molecule has 5 atom stereocenters. The van der Waals surface area contributed by atoms with Crippen LogP contribution in [0.1, 0.15) is 25.6 Å². The van der Waals surface area contributed by atoms with Crippen molar-refractivity contribution in [2.24, 2.45) is 0 Å². The monoisotopic (exact) mass is 545 g/mol. The third-order valence-corrected chi connectivity index (χ3v) is 6.26. The van der Waals surface area contributed by atoms with E-state index in [-0.39, 0.29) is 35.2 Å². The Morgan fingerprint density at radius 1 is 1.37 bits per heavy atom. The first kappa shape index (κ1) is 27.7. The minimum Gasteiger partial charge on any atom is -0.479 e. The predicted octanol–water partition coefficient (Wildman–Crippen LogP) is 0.998. The van der Waals surface area contributed by atoms with Gasteiger partial charge in [0.15, 0.2) is 34.9 Å². The van der Waals surface area contributed by atoms with Gasteiger partial charge in [-0.05, 0) is 31.0 Å². The van der Waals surface area contributed by atoms with Crippen LogP contribution in [0.2, 0.25) is 5.28 Å². The second-order valence-corrected chi connectivity index (χ2v) is 9.95. The molecule has 0 spiro atoms. The molecule has 1 aromatic carbocycles. The fourth-order valence-corrected chi connectivity index (χ4v) is 4.23. The number of benzene rings is 1. The van der Waals surface area contributed by atoms with Gasteiger partial charge in [0.2, 0.25) is 5.28 Å². The minimum absolute atomic E-state index is 0.0748. The average molecular weight is 546 g/mol. The summed E-state index contributed by atoms with van der Waals surface area (Å²) in [7, 11) is 0. The Bertz CT molecular complexity index is 1340. The molecule has 1 saturated heterocycles. The third kappa shape index (κ3) is 5.73. The van der Waals surface area contributed by atoms with Gasteiger partial charge in [0.1, 0.15) is 12.2 Å². The summed E-state index contributed by atoms with van der Waals surface area (Å²) >= 11 is 6.11. The highest BCUT2D eigenvalue weighted by Gasteiger charge is 2.56. The van der Waals surface area contributed by atoms with Gasteiger partial charge in [-0.2, -0.15) is 9.97 Å². The maximum atomic E-state index is 11.8. The molecule has 0 radical (unpaired) electrons. The van der Waals surface area contributed by atoms with Crippen LogP contribution in [0.15, 0.2) is 36.7 Å². The number of rotatable bonds is 10. The lowest BCUT2D eigenvalue weighted by molar-refractivity contribution is -0.156. The number of terminal acetylenes is 1. The van der Waals surface area contributed by atoms with Crippen LogP contribution in [-0.2, 0) is 20.7 Å². The molecule has 4 rings (SSSR count). The number of aliphatic carboxylic acids is 1. The first-order valence-electron chi connectivity index (χ1n) is 11.7. The summed E-state index contributed by atoms with van der Waals surface area (Å²) in [4.78, 5) is 24.4. The van der Waals surface area contributed by atoms with Crippen molar-refractivity contribution < 1.29 is 34.7 Å². The molecular formula is C25H28ClN5O7. The number of hydrogen-bond acceptors (Lipinski definition) is 10. The maximum Gasteiger partial charge on any atom is 0.333 e. The largest absolute Gasteiger partial charge is 0.479 e. The van der Waals surface area contributed by atoms with Crippen molar-refractivity contribution >= 4 is 34.6 Å². The zero-order valence-corrected chi connectivity index (χ0v) is 21.4. The van der Waals surface area contributed by atoms with E-state index in [9.17, 15) is 25.2 Å². The van der Waals surface area contributed by atoms with Crippen molar-refractivity contribution in [1.29, 1.82) is 0 Å². The quantitative estimate of drug-likeness (QED) is 0.182. The van der Waals surface area contributed by atoms with Crippen molar-refractivity contribution in [2.45, 2.75) is 56.0 Å². The van der Waals surface area contributed by atoms with Gasteiger partial charge in [-0.1, -0.05) is 36.3 Å². The number of carboxylic acids is 1. The van der Waals surface area contributed by atoms with E-state index in [0.29, 0.717) is 0 Å². The highest BCUT2D eigenvalue weighted by Crippen LogP contribution is 2.39. The van der Waals surface area contributed by atoms with E-state index in [2.05, 4.69) is 26.2 Å². The van der Waals surface area contributed by atoms with Crippen LogP contribution in [0.25, 0.3) is 11.2 Å². The van der Waals surface area contributed by atoms with E-state index in [4.69, 9.17) is 27.5 Å². The van der Waals surface area contributed by atoms with Crippen LogP contribution in [0.4, 0.5) is 5.82 Å². The smallest absolute Gasteiger partial charge is 0.333 e. The van der Waals surface area contributed by atoms with Crippen molar-refractivity contribution in [2.75, 3.05) is 18.5 Å². The molecule has 3 aromatic rings. The summed E-state index contributed by atoms with van der Waals surface area (Å²) in [6.45, 7) is 2.94. The molecule has 1 aliphatic heterocycles. The van der Waals surface area contributed by atoms with E-state index in [1.807, 2.05) is 6.07 Å². The number of aliphatic hydroxyl groups excluding tert-OH is 1. The summed E-state index contributed by atoms with van der Waals surface area (Å²) in [5.41, 5.74) is -2.08. The molecular weight excluding hydrogens is 518 g/mol. The second-order valence-electron chi connectivity index (χ2n) is 9.61. The zero-order valence-electron chi connectivity index (χ0n) is 20.7. The number of imidazole rings is 1. The van der Waals surface area contributed by atoms with Crippen LogP contribution in [-0.4, -0.2) is 88.6 Å². The summed E-state index contributed by atoms with van der Waals surface area (Å²) in [5, 5.41) is 44.6. The number of anilines is 1. The lowest BCUT2D eigenvalue weighted by Gasteiger charge is -2.26. The minimum atomic E-state index is -2.21. The van der Waals surface area contributed by atoms with Gasteiger partial charge >= 0.3 is 5.97 Å². The number of ether oxygens (including phenoxy) is 2. The van der Waals surface area contributed by atoms with Crippen molar-refractivity contribution in [3.8, 4) is 12.3 Å². The standard InChI is InChI=1S/C25H28ClN5O7/c1-4-25(36)16(11-37-15(22(33)34)10-14-8-6-5-7-9-14)38-21(18(25)32)31-13-28-17-19(27-12-24(2,3)35)29-23(26)30-20(17)31/h1,5-9,13,15-16,18,21,32,35-36H,10-12H2,2-3H3,(H,33,34)(H,27,29,30)/t15?,16-,18+,21-,25-/m1/s1. The average Bonchev–Trinajstić information content (AvgIpc) is 3.39. The number of hydrogen-bond donors (Lipinski definition) is 5. The van der Waals surface area contributed by atoms with Gasteiger partial charge in [0, 0.05) is 13.0 Å². The van der Waals surface area contributed by atoms with Gasteiger partial charge in [0.25, 0.3) is 0 Å². The number of aromatic nitrogens is 4. The fraction of sp³-hybridized carbons (Fsp3) is 0.440. The number of carbonyl (C=O) groups is 1. The molecule has 1 unspecified atom stereocenters. The number of aliphatic hydroxyl groups is 3. The highest BCUT2D eigenvalue weighted by atomic mass is 35.5. The molecule has 0 amide bonds. The van der Waals surface area contributed by atoms with Crippen LogP contribution in [0.5, 0.6) is 0 Å². The van der Waals surface area contributed by atoms with Crippen molar-refractivity contribution in [3.63, 3.8) is 0 Å². The Morgan fingerprint density at radius 3 is 2.71 bits per heavy atom. The topological polar surface area (TPSA) is 172 Å². The van der Waals surface area contributed by atoms with Gasteiger partial charge in [-0.3, -0.25) is 4.57 Å². The molecule has 1 aliphatic rings. The van der Waals surface area contributed by atoms with Crippen molar-refractivity contribution in [1.82, 2.24) is 19.5 Å². The first-order chi connectivity index (χ1) is 17.9. The number of nitrogens with zero attached hydrogens (tertiary/aromatic N) is 4. The molecule has 202 valence electrons. The molecule has 13 heteroatoms. The lowest BCUT2D eigenvalue weighted by atomic mass is 9.93. The van der Waals surface area contributed by atoms with E-state index < -0.39 is 48.3 Å². The van der Waals surface area contributed by atoms with Gasteiger partial charge in [-0.25, -0.2) is 9.78 Å². The molecule has 1 fully saturated rings. The SMILES string of the molecule is C#C[C@@]1(O)[C@@H](COC(Cc2ccccc2)C(=O)O)O[C@@H](n2cnc3c(NCC(C)(C)O)nc(Cl)nc32)[C@@H]1O. The van der Waals surface area contributed by atoms with Crippen LogP contribution in [0.3, 0.4) is 0 Å². The predicted molar refractivity (Wildman–Crippen MR) is 136 cm³/mol. The van der Waals surface area contributed by atoms with Crippen LogP contribution < -0.4 is 5.32 Å². The Morgan fingerprint density at radius 2 is 2.08 bits per heavy atom. The maximum absolute atomic E-state index is 11.8. The summed E-state index contributed by atoms with van der Waals surface area (Å²) in [6.07, 6.45) is 1.52. The third-order valence-electron chi connectivity index (χ3n) is 6.09. The number of fused-ring (bicyclic) bond motifs is 1. The second kappa shape index (κ2) is 10.8. The Labute approximate surface area is 223 Å². The Hall–Kier alpha value is -3.31. The molecule has 0 bridgehead atoms. The van der Waals surface area contributed by atoms with E-state index in [1.54, 1.807) is 38.1 Å². The van der Waals surface area contributed by atoms with Crippen LogP contribution in [0, 0.1) is 12.3 Å². The highest BCUT2D eigenvalue weighted by molar-refractivity contribution is 6.28. The molecule has 38 heavy (non-hydrogen) atoms. The summed E-state index contributed by atoms with van der Waals surface area (Å²) < 4.78 is 12.8. The Balaban J connectivity index is 1.58. The van der Waals surface area contributed by atoms with Gasteiger partial charge in [-0.15, -0.1) is 6.42 Å². The zero-order chi connectivity index (χ0) is 27.7. The van der Waals surface area contributed by atoms with E-state index in [0.717, 1.165) is 5.56 Å². The summed E-state index contributed by atoms with van der Waals surface area (Å²) in [5.74, 6) is 1.20. The summed E-state index contributed by atoms with van der Waals surface area (Å²) in [6, 6.07) is 8.91.